The van der Waals surface area contributed by atoms with Crippen molar-refractivity contribution in [1.82, 2.24) is 4.57 Å². The van der Waals surface area contributed by atoms with E-state index in [0.717, 1.165) is 11.3 Å². The van der Waals surface area contributed by atoms with Crippen molar-refractivity contribution in [3.63, 3.8) is 0 Å². The van der Waals surface area contributed by atoms with Gasteiger partial charge in [0.1, 0.15) is 11.6 Å². The van der Waals surface area contributed by atoms with Crippen molar-refractivity contribution >= 4 is 23.3 Å². The highest BCUT2D eigenvalue weighted by Gasteiger charge is 2.18. The van der Waals surface area contributed by atoms with Crippen molar-refractivity contribution < 1.29 is 5.11 Å². The SMILES string of the molecule is Cc1c(C=Nc2ccc(N=Nc3ccccc3)cc2)c(O)n(CCc2ccccc2)c(=O)c1C#N. The first-order valence-corrected chi connectivity index (χ1v) is 11.1. The van der Waals surface area contributed by atoms with Crippen LogP contribution in [-0.4, -0.2) is 15.9 Å². The molecule has 0 aliphatic carbocycles. The number of aromatic nitrogens is 1. The van der Waals surface area contributed by atoms with E-state index >= 15 is 0 Å². The van der Waals surface area contributed by atoms with Gasteiger partial charge in [0, 0.05) is 12.8 Å². The Hall–Kier alpha value is -4.83. The molecule has 7 nitrogen and oxygen atoms in total. The molecule has 7 heteroatoms. The molecule has 1 aromatic heterocycles. The van der Waals surface area contributed by atoms with E-state index in [9.17, 15) is 15.2 Å². The molecule has 0 saturated carbocycles. The van der Waals surface area contributed by atoms with E-state index in [0.29, 0.717) is 28.9 Å². The summed E-state index contributed by atoms with van der Waals surface area (Å²) in [6.07, 6.45) is 2.02. The minimum Gasteiger partial charge on any atom is -0.494 e. The van der Waals surface area contributed by atoms with Crippen LogP contribution >= 0.6 is 0 Å². The number of hydrogen-bond donors (Lipinski definition) is 1. The average Bonchev–Trinajstić information content (AvgIpc) is 2.89. The minimum atomic E-state index is -0.510. The summed E-state index contributed by atoms with van der Waals surface area (Å²) in [5, 5.41) is 28.9. The molecule has 0 atom stereocenters. The fourth-order valence-corrected chi connectivity index (χ4v) is 3.57. The molecular formula is C28H23N5O2. The number of rotatable bonds is 7. The predicted octanol–water partition coefficient (Wildman–Crippen LogP) is 6.14. The lowest BCUT2D eigenvalue weighted by Gasteiger charge is -2.14. The molecule has 3 aromatic carbocycles. The molecule has 0 aliphatic heterocycles. The molecule has 0 aliphatic rings. The summed E-state index contributed by atoms with van der Waals surface area (Å²) in [7, 11) is 0. The van der Waals surface area contributed by atoms with Crippen LogP contribution in [0.1, 0.15) is 22.3 Å². The smallest absolute Gasteiger partial charge is 0.271 e. The standard InChI is InChI=1S/C28H23N5O2/c1-20-25(18-29)27(34)33(17-16-21-8-4-2-5-9-21)28(35)26(20)19-30-22-12-14-24(15-13-22)32-31-23-10-6-3-7-11-23/h2-15,19,35H,16-17H2,1H3. The second kappa shape index (κ2) is 10.9. The lowest BCUT2D eigenvalue weighted by molar-refractivity contribution is 0.404. The van der Waals surface area contributed by atoms with Gasteiger partial charge in [-0.15, -0.1) is 0 Å². The number of aryl methyl sites for hydroxylation is 1. The molecular weight excluding hydrogens is 438 g/mol. The Labute approximate surface area is 203 Å². The Morgan fingerprint density at radius 3 is 2.09 bits per heavy atom. The van der Waals surface area contributed by atoms with Crippen molar-refractivity contribution in [1.29, 1.82) is 5.26 Å². The molecule has 0 bridgehead atoms. The molecule has 0 saturated heterocycles. The van der Waals surface area contributed by atoms with Gasteiger partial charge in [-0.05, 0) is 60.9 Å². The van der Waals surface area contributed by atoms with Crippen LogP contribution in [0.25, 0.3) is 0 Å². The van der Waals surface area contributed by atoms with Crippen LogP contribution in [0, 0.1) is 18.3 Å². The van der Waals surface area contributed by atoms with Gasteiger partial charge in [-0.2, -0.15) is 15.5 Å². The summed E-state index contributed by atoms with van der Waals surface area (Å²) in [5.41, 5.74) is 3.30. The monoisotopic (exact) mass is 461 g/mol. The van der Waals surface area contributed by atoms with Crippen LogP contribution in [-0.2, 0) is 13.0 Å². The van der Waals surface area contributed by atoms with E-state index in [-0.39, 0.29) is 18.0 Å². The van der Waals surface area contributed by atoms with Crippen molar-refractivity contribution in [2.75, 3.05) is 0 Å². The zero-order chi connectivity index (χ0) is 24.6. The van der Waals surface area contributed by atoms with Gasteiger partial charge in [0.25, 0.3) is 5.56 Å². The van der Waals surface area contributed by atoms with E-state index < -0.39 is 5.56 Å². The number of aromatic hydroxyl groups is 1. The number of nitrogens with zero attached hydrogens (tertiary/aromatic N) is 5. The zero-order valence-corrected chi connectivity index (χ0v) is 19.2. The van der Waals surface area contributed by atoms with Crippen molar-refractivity contribution in [3.05, 3.63) is 118 Å². The molecule has 35 heavy (non-hydrogen) atoms. The van der Waals surface area contributed by atoms with Gasteiger partial charge in [0.15, 0.2) is 0 Å². The van der Waals surface area contributed by atoms with Gasteiger partial charge in [0.05, 0.1) is 22.6 Å². The molecule has 0 unspecified atom stereocenters. The van der Waals surface area contributed by atoms with E-state index in [1.165, 1.54) is 10.8 Å². The Balaban J connectivity index is 1.58. The van der Waals surface area contributed by atoms with Gasteiger partial charge in [-0.1, -0.05) is 48.5 Å². The van der Waals surface area contributed by atoms with Crippen molar-refractivity contribution in [2.45, 2.75) is 19.9 Å². The average molecular weight is 462 g/mol. The highest BCUT2D eigenvalue weighted by atomic mass is 16.3. The summed E-state index contributed by atoms with van der Waals surface area (Å²) in [6.45, 7) is 1.88. The normalized spacial score (nSPS) is 11.2. The third-order valence-electron chi connectivity index (χ3n) is 5.54. The molecule has 172 valence electrons. The Bertz CT molecular complexity index is 1470. The van der Waals surface area contributed by atoms with Crippen LogP contribution in [0.4, 0.5) is 17.1 Å². The maximum absolute atomic E-state index is 12.8. The second-order valence-corrected chi connectivity index (χ2v) is 7.85. The van der Waals surface area contributed by atoms with Crippen LogP contribution in [0.15, 0.2) is 105 Å². The summed E-state index contributed by atoms with van der Waals surface area (Å²) >= 11 is 0. The minimum absolute atomic E-state index is 0.00557. The quantitative estimate of drug-likeness (QED) is 0.264. The first-order valence-electron chi connectivity index (χ1n) is 11.1. The first-order chi connectivity index (χ1) is 17.1. The van der Waals surface area contributed by atoms with E-state index in [2.05, 4.69) is 15.2 Å². The zero-order valence-electron chi connectivity index (χ0n) is 19.2. The lowest BCUT2D eigenvalue weighted by atomic mass is 10.1. The molecule has 0 radical (unpaired) electrons. The number of hydrogen-bond acceptors (Lipinski definition) is 6. The van der Waals surface area contributed by atoms with Gasteiger partial charge in [-0.25, -0.2) is 0 Å². The van der Waals surface area contributed by atoms with Crippen molar-refractivity contribution in [2.24, 2.45) is 15.2 Å². The highest BCUT2D eigenvalue weighted by Crippen LogP contribution is 2.24. The van der Waals surface area contributed by atoms with E-state index in [1.807, 2.05) is 66.7 Å². The lowest BCUT2D eigenvalue weighted by Crippen LogP contribution is -2.26. The Morgan fingerprint density at radius 1 is 0.886 bits per heavy atom. The first kappa shape index (κ1) is 23.3. The number of aliphatic imine (C=N–C) groups is 1. The topological polar surface area (TPSA) is 103 Å². The summed E-state index contributed by atoms with van der Waals surface area (Å²) in [6, 6.07) is 28.2. The molecule has 1 N–H and O–H groups in total. The molecule has 1 heterocycles. The molecule has 0 spiro atoms. The highest BCUT2D eigenvalue weighted by molar-refractivity contribution is 5.87. The molecule has 0 fully saturated rings. The van der Waals surface area contributed by atoms with Gasteiger partial charge < -0.3 is 5.11 Å². The predicted molar refractivity (Wildman–Crippen MR) is 136 cm³/mol. The molecule has 0 amide bonds. The summed E-state index contributed by atoms with van der Waals surface area (Å²) in [5.74, 6) is -0.209. The molecule has 4 rings (SSSR count). The number of nitriles is 1. The largest absolute Gasteiger partial charge is 0.494 e. The van der Waals surface area contributed by atoms with Crippen LogP contribution in [0.2, 0.25) is 0 Å². The fourth-order valence-electron chi connectivity index (χ4n) is 3.57. The summed E-state index contributed by atoms with van der Waals surface area (Å²) < 4.78 is 1.23. The molecule has 4 aromatic rings. The third kappa shape index (κ3) is 5.57. The van der Waals surface area contributed by atoms with Crippen LogP contribution in [0.5, 0.6) is 5.88 Å². The Morgan fingerprint density at radius 2 is 1.46 bits per heavy atom. The fraction of sp³-hybridized carbons (Fsp3) is 0.107. The number of azo groups is 1. The summed E-state index contributed by atoms with van der Waals surface area (Å²) in [4.78, 5) is 17.2. The Kier molecular flexibility index (Phi) is 7.24. The van der Waals surface area contributed by atoms with Gasteiger partial charge in [-0.3, -0.25) is 14.4 Å². The van der Waals surface area contributed by atoms with Crippen LogP contribution in [0.3, 0.4) is 0 Å². The van der Waals surface area contributed by atoms with Crippen molar-refractivity contribution in [3.8, 4) is 11.9 Å². The maximum atomic E-state index is 12.8. The van der Waals surface area contributed by atoms with E-state index in [1.54, 1.807) is 31.2 Å². The second-order valence-electron chi connectivity index (χ2n) is 7.85. The van der Waals surface area contributed by atoms with Gasteiger partial charge >= 0.3 is 0 Å². The number of benzene rings is 3. The maximum Gasteiger partial charge on any atom is 0.271 e. The van der Waals surface area contributed by atoms with E-state index in [4.69, 9.17) is 0 Å². The number of pyridine rings is 1. The third-order valence-corrected chi connectivity index (χ3v) is 5.54. The van der Waals surface area contributed by atoms with Gasteiger partial charge in [0.2, 0.25) is 5.88 Å². The van der Waals surface area contributed by atoms with Crippen LogP contribution < -0.4 is 5.56 Å².